The lowest BCUT2D eigenvalue weighted by molar-refractivity contribution is 0.0374. The number of methoxy groups -OCH3 is 1. The predicted octanol–water partition coefficient (Wildman–Crippen LogP) is 3.39. The molecule has 5 nitrogen and oxygen atoms in total. The minimum atomic E-state index is 0.539. The Morgan fingerprint density at radius 2 is 1.82 bits per heavy atom. The molecule has 0 radical (unpaired) electrons. The molecule has 1 saturated heterocycles. The Kier molecular flexibility index (Phi) is 8.15. The van der Waals surface area contributed by atoms with Crippen molar-refractivity contribution in [3.63, 3.8) is 0 Å². The lowest BCUT2D eigenvalue weighted by atomic mass is 10.1. The van der Waals surface area contributed by atoms with Gasteiger partial charge in [-0.2, -0.15) is 0 Å². The number of para-hydroxylation sites is 1. The smallest absolute Gasteiger partial charge is 0.166 e. The first-order valence-corrected chi connectivity index (χ1v) is 10.1. The number of ether oxygens (including phenoxy) is 3. The number of nitrogens with one attached hydrogen (secondary N) is 1. The van der Waals surface area contributed by atoms with Gasteiger partial charge in [0, 0.05) is 25.2 Å². The normalized spacial score (nSPS) is 14.8. The summed E-state index contributed by atoms with van der Waals surface area (Å²) in [6.07, 6.45) is 1.13. The van der Waals surface area contributed by atoms with Crippen LogP contribution in [0.2, 0.25) is 0 Å². The molecule has 2 aromatic carbocycles. The molecule has 1 aliphatic heterocycles. The Bertz CT molecular complexity index is 730. The molecule has 0 aromatic heterocycles. The highest BCUT2D eigenvalue weighted by molar-refractivity contribution is 5.46. The second-order valence-corrected chi connectivity index (χ2v) is 7.15. The predicted molar refractivity (Wildman–Crippen MR) is 112 cm³/mol. The lowest BCUT2D eigenvalue weighted by Gasteiger charge is -2.26. The van der Waals surface area contributed by atoms with E-state index in [1.807, 2.05) is 24.3 Å². The van der Waals surface area contributed by atoms with Crippen LogP contribution in [0.25, 0.3) is 0 Å². The highest BCUT2D eigenvalue weighted by Crippen LogP contribution is 2.32. The summed E-state index contributed by atoms with van der Waals surface area (Å²) < 4.78 is 17.1. The second kappa shape index (κ2) is 11.1. The minimum Gasteiger partial charge on any atom is -0.493 e. The van der Waals surface area contributed by atoms with Crippen LogP contribution in [0.1, 0.15) is 23.1 Å². The highest BCUT2D eigenvalue weighted by atomic mass is 16.5. The molecule has 2 aromatic rings. The maximum atomic E-state index is 6.19. The number of aryl methyl sites for hydroxylation is 1. The van der Waals surface area contributed by atoms with Gasteiger partial charge in [0.1, 0.15) is 6.61 Å². The van der Waals surface area contributed by atoms with E-state index in [2.05, 4.69) is 35.3 Å². The minimum absolute atomic E-state index is 0.539. The summed E-state index contributed by atoms with van der Waals surface area (Å²) >= 11 is 0. The Morgan fingerprint density at radius 1 is 1.04 bits per heavy atom. The Labute approximate surface area is 168 Å². The van der Waals surface area contributed by atoms with Gasteiger partial charge in [-0.05, 0) is 43.6 Å². The van der Waals surface area contributed by atoms with Crippen molar-refractivity contribution >= 4 is 0 Å². The van der Waals surface area contributed by atoms with Gasteiger partial charge in [0.05, 0.1) is 20.3 Å². The van der Waals surface area contributed by atoms with Crippen molar-refractivity contribution in [2.75, 3.05) is 46.5 Å². The van der Waals surface area contributed by atoms with Gasteiger partial charge in [0.25, 0.3) is 0 Å². The van der Waals surface area contributed by atoms with Gasteiger partial charge in [0.2, 0.25) is 0 Å². The quantitative estimate of drug-likeness (QED) is 0.636. The molecule has 1 N–H and O–H groups in total. The number of rotatable bonds is 10. The number of hydrogen-bond acceptors (Lipinski definition) is 5. The monoisotopic (exact) mass is 384 g/mol. The molecule has 1 aliphatic rings. The molecule has 3 rings (SSSR count). The van der Waals surface area contributed by atoms with Gasteiger partial charge >= 0.3 is 0 Å². The fraction of sp³-hybridized carbons (Fsp3) is 0.478. The van der Waals surface area contributed by atoms with Crippen LogP contribution >= 0.6 is 0 Å². The number of benzene rings is 2. The molecular weight excluding hydrogens is 352 g/mol. The number of hydrogen-bond donors (Lipinski definition) is 1. The van der Waals surface area contributed by atoms with E-state index >= 15 is 0 Å². The third-order valence-electron chi connectivity index (χ3n) is 5.16. The zero-order valence-electron chi connectivity index (χ0n) is 17.1. The molecular formula is C23H32N2O3. The molecule has 1 heterocycles. The largest absolute Gasteiger partial charge is 0.493 e. The van der Waals surface area contributed by atoms with Gasteiger partial charge < -0.3 is 19.5 Å². The van der Waals surface area contributed by atoms with E-state index in [0.29, 0.717) is 6.61 Å². The standard InChI is InChI=1S/C23H32N2O3/c1-19-7-3-4-8-21(19)18-28-23-20(9-5-10-22(23)26-2)17-24-11-6-12-25-13-15-27-16-14-25/h3-5,7-10,24H,6,11-18H2,1-2H3. The van der Waals surface area contributed by atoms with Gasteiger partial charge in [0.15, 0.2) is 11.5 Å². The fourth-order valence-electron chi connectivity index (χ4n) is 3.42. The van der Waals surface area contributed by atoms with E-state index in [4.69, 9.17) is 14.2 Å². The summed E-state index contributed by atoms with van der Waals surface area (Å²) in [6, 6.07) is 14.4. The Hall–Kier alpha value is -2.08. The topological polar surface area (TPSA) is 43.0 Å². The summed E-state index contributed by atoms with van der Waals surface area (Å²) in [5.41, 5.74) is 3.55. The van der Waals surface area contributed by atoms with E-state index in [-0.39, 0.29) is 0 Å². The number of nitrogens with zero attached hydrogens (tertiary/aromatic N) is 1. The third-order valence-corrected chi connectivity index (χ3v) is 5.16. The summed E-state index contributed by atoms with van der Waals surface area (Å²) in [5.74, 6) is 1.61. The molecule has 0 bridgehead atoms. The molecule has 0 unspecified atom stereocenters. The van der Waals surface area contributed by atoms with E-state index in [1.54, 1.807) is 7.11 Å². The Balaban J connectivity index is 1.52. The van der Waals surface area contributed by atoms with Crippen molar-refractivity contribution in [3.8, 4) is 11.5 Å². The fourth-order valence-corrected chi connectivity index (χ4v) is 3.42. The van der Waals surface area contributed by atoms with Crippen LogP contribution < -0.4 is 14.8 Å². The first-order chi connectivity index (χ1) is 13.8. The molecule has 28 heavy (non-hydrogen) atoms. The first-order valence-electron chi connectivity index (χ1n) is 10.1. The summed E-state index contributed by atoms with van der Waals surface area (Å²) in [4.78, 5) is 2.47. The second-order valence-electron chi connectivity index (χ2n) is 7.15. The van der Waals surface area contributed by atoms with Crippen molar-refractivity contribution in [2.24, 2.45) is 0 Å². The zero-order chi connectivity index (χ0) is 19.6. The maximum Gasteiger partial charge on any atom is 0.166 e. The van der Waals surface area contributed by atoms with Gasteiger partial charge in [-0.15, -0.1) is 0 Å². The van der Waals surface area contributed by atoms with Crippen LogP contribution in [0.4, 0.5) is 0 Å². The summed E-state index contributed by atoms with van der Waals surface area (Å²) in [7, 11) is 1.69. The molecule has 1 fully saturated rings. The van der Waals surface area contributed by atoms with Crippen molar-refractivity contribution < 1.29 is 14.2 Å². The van der Waals surface area contributed by atoms with Crippen molar-refractivity contribution in [2.45, 2.75) is 26.5 Å². The highest BCUT2D eigenvalue weighted by Gasteiger charge is 2.12. The van der Waals surface area contributed by atoms with Crippen molar-refractivity contribution in [3.05, 3.63) is 59.2 Å². The average Bonchev–Trinajstić information content (AvgIpc) is 2.74. The molecule has 152 valence electrons. The van der Waals surface area contributed by atoms with Crippen LogP contribution in [0.5, 0.6) is 11.5 Å². The average molecular weight is 385 g/mol. The van der Waals surface area contributed by atoms with Crippen LogP contribution in [-0.2, 0) is 17.9 Å². The van der Waals surface area contributed by atoms with E-state index < -0.39 is 0 Å². The molecule has 0 spiro atoms. The van der Waals surface area contributed by atoms with Crippen LogP contribution in [0.3, 0.4) is 0 Å². The summed E-state index contributed by atoms with van der Waals surface area (Å²) in [5, 5.41) is 3.55. The van der Waals surface area contributed by atoms with Crippen molar-refractivity contribution in [1.29, 1.82) is 0 Å². The molecule has 0 saturated carbocycles. The SMILES string of the molecule is COc1cccc(CNCCCN2CCOCC2)c1OCc1ccccc1C. The van der Waals surface area contributed by atoms with Gasteiger partial charge in [-0.25, -0.2) is 0 Å². The first kappa shape index (κ1) is 20.6. The molecule has 0 atom stereocenters. The Morgan fingerprint density at radius 3 is 2.61 bits per heavy atom. The lowest BCUT2D eigenvalue weighted by Crippen LogP contribution is -2.37. The molecule has 0 aliphatic carbocycles. The van der Waals surface area contributed by atoms with Crippen LogP contribution in [0, 0.1) is 6.92 Å². The van der Waals surface area contributed by atoms with E-state index in [9.17, 15) is 0 Å². The van der Waals surface area contributed by atoms with Crippen LogP contribution in [-0.4, -0.2) is 51.4 Å². The number of morpholine rings is 1. The van der Waals surface area contributed by atoms with Crippen molar-refractivity contribution in [1.82, 2.24) is 10.2 Å². The van der Waals surface area contributed by atoms with E-state index in [0.717, 1.165) is 69.4 Å². The third kappa shape index (κ3) is 5.96. The molecule has 5 heteroatoms. The molecule has 0 amide bonds. The van der Waals surface area contributed by atoms with Gasteiger partial charge in [-0.3, -0.25) is 4.90 Å². The van der Waals surface area contributed by atoms with Gasteiger partial charge in [-0.1, -0.05) is 36.4 Å². The zero-order valence-corrected chi connectivity index (χ0v) is 17.1. The maximum absolute atomic E-state index is 6.19. The summed E-state index contributed by atoms with van der Waals surface area (Å²) in [6.45, 7) is 9.33. The van der Waals surface area contributed by atoms with Crippen LogP contribution in [0.15, 0.2) is 42.5 Å². The van der Waals surface area contributed by atoms with E-state index in [1.165, 1.54) is 11.1 Å².